The molecule has 4 rings (SSSR count). The molecule has 1 aliphatic rings. The second kappa shape index (κ2) is 9.70. The number of amides is 1. The maximum Gasteiger partial charge on any atom is 0.242 e. The molecule has 0 radical (unpaired) electrons. The first-order chi connectivity index (χ1) is 15.8. The maximum absolute atomic E-state index is 13.0. The molecule has 1 amide bonds. The van der Waals surface area contributed by atoms with Crippen LogP contribution in [0.15, 0.2) is 64.6 Å². The highest BCUT2D eigenvalue weighted by molar-refractivity contribution is 8.00. The van der Waals surface area contributed by atoms with Crippen LogP contribution < -0.4 is 5.32 Å². The van der Waals surface area contributed by atoms with E-state index in [-0.39, 0.29) is 10.8 Å². The molecule has 1 atom stereocenters. The Bertz CT molecular complexity index is 1250. The Morgan fingerprint density at radius 2 is 1.82 bits per heavy atom. The topological polar surface area (TPSA) is 84.3 Å². The van der Waals surface area contributed by atoms with Crippen molar-refractivity contribution in [1.82, 2.24) is 13.9 Å². The van der Waals surface area contributed by atoms with Crippen molar-refractivity contribution in [3.05, 3.63) is 66.0 Å². The van der Waals surface area contributed by atoms with Gasteiger partial charge in [0, 0.05) is 31.2 Å². The van der Waals surface area contributed by atoms with Gasteiger partial charge < -0.3 is 5.32 Å². The molecule has 174 valence electrons. The summed E-state index contributed by atoms with van der Waals surface area (Å²) in [5, 5.41) is 3.23. The fourth-order valence-corrected chi connectivity index (χ4v) is 5.75. The molecule has 2 aromatic carbocycles. The minimum Gasteiger partial charge on any atom is -0.325 e. The molecule has 0 spiro atoms. The lowest BCUT2D eigenvalue weighted by molar-refractivity contribution is -0.115. The monoisotopic (exact) mass is 484 g/mol. The number of anilines is 1. The summed E-state index contributed by atoms with van der Waals surface area (Å²) in [5.41, 5.74) is 3.83. The van der Waals surface area contributed by atoms with Gasteiger partial charge >= 0.3 is 0 Å². The van der Waals surface area contributed by atoms with Crippen LogP contribution in [-0.4, -0.2) is 47.5 Å². The lowest BCUT2D eigenvalue weighted by Crippen LogP contribution is -2.24. The summed E-state index contributed by atoms with van der Waals surface area (Å²) in [6.45, 7) is 1.84. The van der Waals surface area contributed by atoms with Crippen LogP contribution in [0.1, 0.15) is 31.2 Å². The zero-order valence-electron chi connectivity index (χ0n) is 19.0. The van der Waals surface area contributed by atoms with Crippen LogP contribution in [0.4, 0.5) is 5.69 Å². The number of imidazole rings is 1. The number of hydrogen-bond donors (Lipinski definition) is 1. The largest absolute Gasteiger partial charge is 0.325 e. The molecule has 1 unspecified atom stereocenters. The van der Waals surface area contributed by atoms with Crippen LogP contribution in [0.5, 0.6) is 0 Å². The zero-order chi connectivity index (χ0) is 23.6. The van der Waals surface area contributed by atoms with E-state index >= 15 is 0 Å². The summed E-state index contributed by atoms with van der Waals surface area (Å²) in [7, 11) is -0.619. The molecule has 1 aromatic heterocycles. The lowest BCUT2D eigenvalue weighted by Gasteiger charge is -2.17. The zero-order valence-corrected chi connectivity index (χ0v) is 20.6. The van der Waals surface area contributed by atoms with E-state index in [0.29, 0.717) is 5.69 Å². The van der Waals surface area contributed by atoms with Crippen LogP contribution >= 0.6 is 11.8 Å². The van der Waals surface area contributed by atoms with Crippen LogP contribution in [0, 0.1) is 0 Å². The number of hydrogen-bond acceptors (Lipinski definition) is 5. The molecule has 33 heavy (non-hydrogen) atoms. The average molecular weight is 485 g/mol. The number of sulfonamides is 1. The van der Waals surface area contributed by atoms with E-state index in [0.717, 1.165) is 46.5 Å². The van der Waals surface area contributed by atoms with Gasteiger partial charge in [-0.15, -0.1) is 0 Å². The molecule has 1 heterocycles. The Morgan fingerprint density at radius 3 is 2.55 bits per heavy atom. The second-order valence-corrected chi connectivity index (χ2v) is 11.7. The Hall–Kier alpha value is -2.62. The fraction of sp³-hybridized carbons (Fsp3) is 0.333. The van der Waals surface area contributed by atoms with Gasteiger partial charge in [0.2, 0.25) is 15.9 Å². The standard InChI is InChI=1S/C24H28N4O3S2/c1-17(23(29)25-18-10-9-13-20(16-18)33(30,31)27(2)3)32-24-26-21-14-7-8-15-22(21)28(24)19-11-5-4-6-12-19/h4-6,9-13,16-17H,7-8,14-15H2,1-3H3,(H,25,29). The van der Waals surface area contributed by atoms with Crippen molar-refractivity contribution in [2.75, 3.05) is 19.4 Å². The Balaban J connectivity index is 1.55. The summed E-state index contributed by atoms with van der Waals surface area (Å²) in [5.74, 6) is -0.208. The number of benzene rings is 2. The molecule has 1 aliphatic carbocycles. The Labute approximate surface area is 199 Å². The van der Waals surface area contributed by atoms with Gasteiger partial charge in [-0.2, -0.15) is 0 Å². The maximum atomic E-state index is 13.0. The van der Waals surface area contributed by atoms with Crippen LogP contribution in [0.2, 0.25) is 0 Å². The van der Waals surface area contributed by atoms with Crippen molar-refractivity contribution in [2.45, 2.75) is 47.9 Å². The van der Waals surface area contributed by atoms with E-state index in [1.54, 1.807) is 12.1 Å². The Kier molecular flexibility index (Phi) is 6.92. The number of carbonyl (C=O) groups excluding carboxylic acids is 1. The van der Waals surface area contributed by atoms with Gasteiger partial charge in [-0.25, -0.2) is 17.7 Å². The third kappa shape index (κ3) is 5.00. The third-order valence-electron chi connectivity index (χ3n) is 5.65. The number of nitrogens with one attached hydrogen (secondary N) is 1. The van der Waals surface area contributed by atoms with E-state index in [9.17, 15) is 13.2 Å². The third-order valence-corrected chi connectivity index (χ3v) is 8.51. The molecule has 3 aromatic rings. The van der Waals surface area contributed by atoms with Gasteiger partial charge in [-0.05, 0) is 62.9 Å². The van der Waals surface area contributed by atoms with Gasteiger partial charge in [0.05, 0.1) is 15.8 Å². The first-order valence-corrected chi connectivity index (χ1v) is 13.3. The van der Waals surface area contributed by atoms with E-state index in [1.807, 2.05) is 25.1 Å². The van der Waals surface area contributed by atoms with Gasteiger partial charge in [0.15, 0.2) is 5.16 Å². The summed E-state index contributed by atoms with van der Waals surface area (Å²) in [6.07, 6.45) is 4.20. The molecule has 0 saturated heterocycles. The van der Waals surface area contributed by atoms with Gasteiger partial charge in [0.25, 0.3) is 0 Å². The highest BCUT2D eigenvalue weighted by Crippen LogP contribution is 2.33. The number of fused-ring (bicyclic) bond motifs is 1. The first-order valence-electron chi connectivity index (χ1n) is 10.9. The second-order valence-electron chi connectivity index (χ2n) is 8.23. The van der Waals surface area contributed by atoms with Crippen molar-refractivity contribution >= 4 is 33.4 Å². The summed E-state index contributed by atoms with van der Waals surface area (Å²) in [4.78, 5) is 18.0. The van der Waals surface area contributed by atoms with E-state index < -0.39 is 15.3 Å². The predicted octanol–water partition coefficient (Wildman–Crippen LogP) is 4.12. The number of thioether (sulfide) groups is 1. The average Bonchev–Trinajstić information content (AvgIpc) is 3.17. The van der Waals surface area contributed by atoms with Crippen LogP contribution in [0.25, 0.3) is 5.69 Å². The highest BCUT2D eigenvalue weighted by Gasteiger charge is 2.25. The van der Waals surface area contributed by atoms with Crippen molar-refractivity contribution in [1.29, 1.82) is 0 Å². The van der Waals surface area contributed by atoms with Gasteiger partial charge in [-0.1, -0.05) is 36.0 Å². The first kappa shape index (κ1) is 23.5. The number of nitrogens with zero attached hydrogens (tertiary/aromatic N) is 3. The number of aromatic nitrogens is 2. The van der Waals surface area contributed by atoms with Crippen molar-refractivity contribution in [3.8, 4) is 5.69 Å². The van der Waals surface area contributed by atoms with Gasteiger partial charge in [-0.3, -0.25) is 9.36 Å². The van der Waals surface area contributed by atoms with Crippen molar-refractivity contribution in [2.24, 2.45) is 0 Å². The fourth-order valence-electron chi connectivity index (χ4n) is 3.84. The number of aryl methyl sites for hydroxylation is 1. The highest BCUT2D eigenvalue weighted by atomic mass is 32.2. The van der Waals surface area contributed by atoms with Crippen molar-refractivity contribution < 1.29 is 13.2 Å². The molecule has 7 nitrogen and oxygen atoms in total. The van der Waals surface area contributed by atoms with E-state index in [4.69, 9.17) is 4.98 Å². The van der Waals surface area contributed by atoms with E-state index in [1.165, 1.54) is 43.7 Å². The Morgan fingerprint density at radius 1 is 1.09 bits per heavy atom. The summed E-state index contributed by atoms with van der Waals surface area (Å²) >= 11 is 1.41. The summed E-state index contributed by atoms with van der Waals surface area (Å²) < 4.78 is 28.1. The van der Waals surface area contributed by atoms with Crippen molar-refractivity contribution in [3.63, 3.8) is 0 Å². The smallest absolute Gasteiger partial charge is 0.242 e. The summed E-state index contributed by atoms with van der Waals surface area (Å²) in [6, 6.07) is 16.4. The van der Waals surface area contributed by atoms with Crippen LogP contribution in [0.3, 0.4) is 0 Å². The van der Waals surface area contributed by atoms with E-state index in [2.05, 4.69) is 22.0 Å². The van der Waals surface area contributed by atoms with Crippen LogP contribution in [-0.2, 0) is 27.7 Å². The number of rotatable bonds is 7. The SMILES string of the molecule is CC(Sc1nc2c(n1-c1ccccc1)CCCC2)C(=O)Nc1cccc(S(=O)(=O)N(C)C)c1. The minimum absolute atomic E-state index is 0.137. The minimum atomic E-state index is -3.58. The molecule has 1 N–H and O–H groups in total. The molecule has 0 fully saturated rings. The quantitative estimate of drug-likeness (QED) is 0.510. The van der Waals surface area contributed by atoms with Gasteiger partial charge in [0.1, 0.15) is 0 Å². The number of carbonyl (C=O) groups is 1. The predicted molar refractivity (Wildman–Crippen MR) is 131 cm³/mol. The normalized spacial score (nSPS) is 14.7. The molecule has 9 heteroatoms. The molecule has 0 bridgehead atoms. The molecule has 0 aliphatic heterocycles. The molecular weight excluding hydrogens is 456 g/mol. The molecular formula is C24H28N4O3S2. The lowest BCUT2D eigenvalue weighted by atomic mass is 10.0. The number of para-hydroxylation sites is 1. The molecule has 0 saturated carbocycles.